The normalized spacial score (nSPS) is 9.00. The van der Waals surface area contributed by atoms with E-state index in [1.165, 1.54) is 0 Å². The van der Waals surface area contributed by atoms with Crippen LogP contribution in [0.25, 0.3) is 0 Å². The standard InChI is InChI=1S/C5H12ClN.ClH/c1-3-7(2)5-4-6;/h3-5H2,1-2H3;1H. The molecule has 52 valence electrons. The van der Waals surface area contributed by atoms with Crippen molar-refractivity contribution >= 4 is 24.0 Å². The first-order valence-corrected chi connectivity index (χ1v) is 3.09. The summed E-state index contributed by atoms with van der Waals surface area (Å²) in [7, 11) is 2.06. The molecule has 0 bridgehead atoms. The molecule has 0 saturated heterocycles. The molecule has 0 spiro atoms. The van der Waals surface area contributed by atoms with Crippen molar-refractivity contribution in [2.45, 2.75) is 6.92 Å². The van der Waals surface area contributed by atoms with Crippen LogP contribution >= 0.6 is 24.0 Å². The predicted molar refractivity (Wildman–Crippen MR) is 41.1 cm³/mol. The fraction of sp³-hybridized carbons (Fsp3) is 1.00. The lowest BCUT2D eigenvalue weighted by molar-refractivity contribution is 0.375. The summed E-state index contributed by atoms with van der Waals surface area (Å²) in [6.45, 7) is 4.21. The molecule has 0 aliphatic heterocycles. The summed E-state index contributed by atoms with van der Waals surface area (Å²) in [5.41, 5.74) is 0. The fourth-order valence-corrected chi connectivity index (χ4v) is 0.591. The van der Waals surface area contributed by atoms with E-state index in [0.717, 1.165) is 19.0 Å². The zero-order chi connectivity index (χ0) is 5.70. The number of halogens is 2. The average Bonchev–Trinajstić information content (AvgIpc) is 1.68. The van der Waals surface area contributed by atoms with Gasteiger partial charge in [0.05, 0.1) is 0 Å². The van der Waals surface area contributed by atoms with Crippen LogP contribution in [0.4, 0.5) is 0 Å². The fourth-order valence-electron chi connectivity index (χ4n) is 0.302. The van der Waals surface area contributed by atoms with Crippen LogP contribution in [0, 0.1) is 0 Å². The van der Waals surface area contributed by atoms with E-state index in [0.29, 0.717) is 0 Å². The molecule has 0 aromatic heterocycles. The third-order valence-corrected chi connectivity index (χ3v) is 1.18. The Morgan fingerprint density at radius 2 is 2.00 bits per heavy atom. The maximum atomic E-state index is 5.43. The zero-order valence-electron chi connectivity index (χ0n) is 5.35. The zero-order valence-corrected chi connectivity index (χ0v) is 6.93. The van der Waals surface area contributed by atoms with Gasteiger partial charge >= 0.3 is 0 Å². The molecule has 0 aliphatic rings. The van der Waals surface area contributed by atoms with Crippen LogP contribution in [0.15, 0.2) is 0 Å². The van der Waals surface area contributed by atoms with Gasteiger partial charge in [-0.2, -0.15) is 0 Å². The van der Waals surface area contributed by atoms with Gasteiger partial charge in [0, 0.05) is 12.4 Å². The Morgan fingerprint density at radius 1 is 1.50 bits per heavy atom. The second kappa shape index (κ2) is 7.54. The largest absolute Gasteiger partial charge is 0.305 e. The van der Waals surface area contributed by atoms with E-state index < -0.39 is 0 Å². The SMILES string of the molecule is CCN(C)CCCl.Cl. The minimum atomic E-state index is 0. The van der Waals surface area contributed by atoms with Gasteiger partial charge in [0.15, 0.2) is 0 Å². The van der Waals surface area contributed by atoms with Crippen LogP contribution in [-0.2, 0) is 0 Å². The van der Waals surface area contributed by atoms with Gasteiger partial charge in [0.1, 0.15) is 0 Å². The second-order valence-electron chi connectivity index (χ2n) is 1.58. The first-order chi connectivity index (χ1) is 3.31. The monoisotopic (exact) mass is 157 g/mol. The van der Waals surface area contributed by atoms with Crippen LogP contribution < -0.4 is 0 Å². The van der Waals surface area contributed by atoms with Crippen molar-refractivity contribution in [3.8, 4) is 0 Å². The summed E-state index contributed by atoms with van der Waals surface area (Å²) in [4.78, 5) is 2.17. The quantitative estimate of drug-likeness (QED) is 0.564. The van der Waals surface area contributed by atoms with Gasteiger partial charge in [-0.15, -0.1) is 24.0 Å². The highest BCUT2D eigenvalue weighted by atomic mass is 35.5. The number of hydrogen-bond acceptors (Lipinski definition) is 1. The van der Waals surface area contributed by atoms with Crippen molar-refractivity contribution in [1.29, 1.82) is 0 Å². The Balaban J connectivity index is 0. The first-order valence-electron chi connectivity index (χ1n) is 2.55. The van der Waals surface area contributed by atoms with Gasteiger partial charge in [-0.05, 0) is 13.6 Å². The van der Waals surface area contributed by atoms with Crippen molar-refractivity contribution < 1.29 is 0 Å². The Bertz CT molecular complexity index is 41.4. The second-order valence-corrected chi connectivity index (χ2v) is 1.96. The number of rotatable bonds is 3. The predicted octanol–water partition coefficient (Wildman–Crippen LogP) is 1.60. The molecule has 0 amide bonds. The van der Waals surface area contributed by atoms with Crippen molar-refractivity contribution in [3.05, 3.63) is 0 Å². The number of hydrogen-bond donors (Lipinski definition) is 0. The molecule has 1 nitrogen and oxygen atoms in total. The Morgan fingerprint density at radius 3 is 2.12 bits per heavy atom. The minimum absolute atomic E-state index is 0. The van der Waals surface area contributed by atoms with Gasteiger partial charge in [-0.3, -0.25) is 0 Å². The van der Waals surface area contributed by atoms with Crippen LogP contribution in [0.3, 0.4) is 0 Å². The minimum Gasteiger partial charge on any atom is -0.305 e. The van der Waals surface area contributed by atoms with E-state index in [1.54, 1.807) is 0 Å². The van der Waals surface area contributed by atoms with Crippen molar-refractivity contribution in [2.75, 3.05) is 26.0 Å². The topological polar surface area (TPSA) is 3.24 Å². The average molecular weight is 158 g/mol. The lowest BCUT2D eigenvalue weighted by Crippen LogP contribution is -2.19. The lowest BCUT2D eigenvalue weighted by Gasteiger charge is -2.09. The maximum Gasteiger partial charge on any atom is 0.0351 e. The van der Waals surface area contributed by atoms with E-state index >= 15 is 0 Å². The van der Waals surface area contributed by atoms with Gasteiger partial charge < -0.3 is 4.90 Å². The van der Waals surface area contributed by atoms with Crippen LogP contribution in [0.5, 0.6) is 0 Å². The van der Waals surface area contributed by atoms with E-state index in [1.807, 2.05) is 0 Å². The van der Waals surface area contributed by atoms with E-state index in [-0.39, 0.29) is 12.4 Å². The van der Waals surface area contributed by atoms with E-state index in [4.69, 9.17) is 11.6 Å². The summed E-state index contributed by atoms with van der Waals surface area (Å²) < 4.78 is 0. The number of nitrogens with zero attached hydrogens (tertiary/aromatic N) is 1. The Kier molecular flexibility index (Phi) is 10.7. The van der Waals surface area contributed by atoms with Crippen LogP contribution in [0.1, 0.15) is 6.92 Å². The molecule has 0 aromatic rings. The molecule has 0 N–H and O–H groups in total. The van der Waals surface area contributed by atoms with Crippen molar-refractivity contribution in [1.82, 2.24) is 4.90 Å². The van der Waals surface area contributed by atoms with Crippen molar-refractivity contribution in [3.63, 3.8) is 0 Å². The molecule has 0 rings (SSSR count). The molecule has 0 aromatic carbocycles. The molecule has 0 fully saturated rings. The number of alkyl halides is 1. The Hall–Kier alpha value is 0.540. The molecule has 0 saturated carbocycles. The molecule has 8 heavy (non-hydrogen) atoms. The van der Waals surface area contributed by atoms with Crippen LogP contribution in [0.2, 0.25) is 0 Å². The Labute approximate surface area is 62.4 Å². The first kappa shape index (κ1) is 11.4. The van der Waals surface area contributed by atoms with E-state index in [2.05, 4.69) is 18.9 Å². The molecular weight excluding hydrogens is 145 g/mol. The third kappa shape index (κ3) is 6.54. The molecular formula is C5H13Cl2N. The highest BCUT2D eigenvalue weighted by Gasteiger charge is 1.87. The van der Waals surface area contributed by atoms with E-state index in [9.17, 15) is 0 Å². The molecule has 0 aliphatic carbocycles. The summed E-state index contributed by atoms with van der Waals surface area (Å²) in [5.74, 6) is 0.740. The van der Waals surface area contributed by atoms with Gasteiger partial charge in [-0.25, -0.2) is 0 Å². The highest BCUT2D eigenvalue weighted by Crippen LogP contribution is 1.81. The molecule has 0 atom stereocenters. The summed E-state index contributed by atoms with van der Waals surface area (Å²) in [6, 6.07) is 0. The molecule has 3 heteroatoms. The van der Waals surface area contributed by atoms with Crippen molar-refractivity contribution in [2.24, 2.45) is 0 Å². The smallest absolute Gasteiger partial charge is 0.0351 e. The summed E-state index contributed by atoms with van der Waals surface area (Å²) in [6.07, 6.45) is 0. The highest BCUT2D eigenvalue weighted by molar-refractivity contribution is 6.18. The summed E-state index contributed by atoms with van der Waals surface area (Å²) >= 11 is 5.43. The van der Waals surface area contributed by atoms with Gasteiger partial charge in [0.2, 0.25) is 0 Å². The maximum absolute atomic E-state index is 5.43. The molecule has 0 radical (unpaired) electrons. The summed E-state index contributed by atoms with van der Waals surface area (Å²) in [5, 5.41) is 0. The third-order valence-electron chi connectivity index (χ3n) is 1.01. The molecule has 0 unspecified atom stereocenters. The molecule has 0 heterocycles. The van der Waals surface area contributed by atoms with Crippen LogP contribution in [-0.4, -0.2) is 30.9 Å². The van der Waals surface area contributed by atoms with Gasteiger partial charge in [-0.1, -0.05) is 6.92 Å². The van der Waals surface area contributed by atoms with Gasteiger partial charge in [0.25, 0.3) is 0 Å². The lowest BCUT2D eigenvalue weighted by atomic mass is 10.6.